The zero-order valence-electron chi connectivity index (χ0n) is 13.7. The van der Waals surface area contributed by atoms with Crippen molar-refractivity contribution in [3.8, 4) is 5.75 Å². The summed E-state index contributed by atoms with van der Waals surface area (Å²) in [5.74, 6) is 0.833. The standard InChI is InChI=1S/C19H22ClNO2/c1-4-14(3)15-6-8-16(9-7-15)21-19(22)12-23-18-11-13(2)5-10-17(18)20/h5-11,14H,4,12H2,1-3H3,(H,21,22)/t14-/m0/s1. The first-order chi connectivity index (χ1) is 11.0. The highest BCUT2D eigenvalue weighted by Crippen LogP contribution is 2.25. The smallest absolute Gasteiger partial charge is 0.262 e. The van der Waals surface area contributed by atoms with Crippen molar-refractivity contribution in [2.24, 2.45) is 0 Å². The van der Waals surface area contributed by atoms with Gasteiger partial charge in [-0.1, -0.05) is 43.6 Å². The molecular formula is C19H22ClNO2. The lowest BCUT2D eigenvalue weighted by Crippen LogP contribution is -2.20. The summed E-state index contributed by atoms with van der Waals surface area (Å²) in [6.45, 7) is 6.22. The lowest BCUT2D eigenvalue weighted by Gasteiger charge is -2.11. The molecule has 2 rings (SSSR count). The van der Waals surface area contributed by atoms with Gasteiger partial charge in [-0.25, -0.2) is 0 Å². The van der Waals surface area contributed by atoms with Gasteiger partial charge < -0.3 is 10.1 Å². The second-order valence-corrected chi connectivity index (χ2v) is 6.11. The third-order valence-corrected chi connectivity index (χ3v) is 4.13. The van der Waals surface area contributed by atoms with E-state index >= 15 is 0 Å². The summed E-state index contributed by atoms with van der Waals surface area (Å²) in [7, 11) is 0. The molecule has 4 heteroatoms. The van der Waals surface area contributed by atoms with E-state index in [-0.39, 0.29) is 12.5 Å². The molecule has 2 aromatic rings. The highest BCUT2D eigenvalue weighted by Gasteiger charge is 2.08. The van der Waals surface area contributed by atoms with E-state index < -0.39 is 0 Å². The second kappa shape index (κ2) is 8.02. The van der Waals surface area contributed by atoms with Gasteiger partial charge in [0.2, 0.25) is 0 Å². The molecule has 122 valence electrons. The zero-order chi connectivity index (χ0) is 16.8. The largest absolute Gasteiger partial charge is 0.482 e. The number of halogens is 1. The number of carbonyl (C=O) groups excluding carboxylic acids is 1. The van der Waals surface area contributed by atoms with E-state index in [1.165, 1.54) is 5.56 Å². The SMILES string of the molecule is CC[C@H](C)c1ccc(NC(=O)COc2cc(C)ccc2Cl)cc1. The van der Waals surface area contributed by atoms with Gasteiger partial charge in [-0.3, -0.25) is 4.79 Å². The fourth-order valence-corrected chi connectivity index (χ4v) is 2.36. The van der Waals surface area contributed by atoms with Crippen molar-refractivity contribution in [2.45, 2.75) is 33.1 Å². The minimum absolute atomic E-state index is 0.0731. The van der Waals surface area contributed by atoms with Crippen molar-refractivity contribution in [1.29, 1.82) is 0 Å². The Balaban J connectivity index is 1.90. The van der Waals surface area contributed by atoms with Gasteiger partial charge in [0.1, 0.15) is 5.75 Å². The van der Waals surface area contributed by atoms with Gasteiger partial charge in [0.05, 0.1) is 5.02 Å². The lowest BCUT2D eigenvalue weighted by atomic mass is 9.99. The topological polar surface area (TPSA) is 38.3 Å². The van der Waals surface area contributed by atoms with Crippen LogP contribution in [0.4, 0.5) is 5.69 Å². The maximum absolute atomic E-state index is 12.0. The number of rotatable bonds is 6. The first kappa shape index (κ1) is 17.4. The van der Waals surface area contributed by atoms with E-state index in [2.05, 4.69) is 19.2 Å². The molecule has 2 aromatic carbocycles. The molecule has 1 amide bonds. The molecule has 0 radical (unpaired) electrons. The van der Waals surface area contributed by atoms with Gasteiger partial charge >= 0.3 is 0 Å². The van der Waals surface area contributed by atoms with E-state index in [4.69, 9.17) is 16.3 Å². The molecule has 0 aliphatic heterocycles. The molecule has 0 spiro atoms. The van der Waals surface area contributed by atoms with Crippen molar-refractivity contribution in [3.05, 3.63) is 58.6 Å². The quantitative estimate of drug-likeness (QED) is 0.792. The average Bonchev–Trinajstić information content (AvgIpc) is 2.55. The highest BCUT2D eigenvalue weighted by atomic mass is 35.5. The first-order valence-electron chi connectivity index (χ1n) is 7.78. The number of anilines is 1. The molecular weight excluding hydrogens is 310 g/mol. The number of aryl methyl sites for hydroxylation is 1. The van der Waals surface area contributed by atoms with Crippen LogP contribution in [0.5, 0.6) is 5.75 Å². The van der Waals surface area contributed by atoms with E-state index in [1.54, 1.807) is 6.07 Å². The molecule has 1 atom stereocenters. The Kier molecular flexibility index (Phi) is 6.05. The van der Waals surface area contributed by atoms with Crippen LogP contribution in [0.25, 0.3) is 0 Å². The number of hydrogen-bond acceptors (Lipinski definition) is 2. The van der Waals surface area contributed by atoms with Crippen LogP contribution < -0.4 is 10.1 Å². The van der Waals surface area contributed by atoms with E-state index in [9.17, 15) is 4.79 Å². The Morgan fingerprint density at radius 2 is 1.91 bits per heavy atom. The van der Waals surface area contributed by atoms with Crippen LogP contribution in [0.2, 0.25) is 5.02 Å². The summed E-state index contributed by atoms with van der Waals surface area (Å²) in [6, 6.07) is 13.4. The number of ether oxygens (including phenoxy) is 1. The minimum atomic E-state index is -0.209. The van der Waals surface area contributed by atoms with Gasteiger partial charge in [-0.15, -0.1) is 0 Å². The van der Waals surface area contributed by atoms with Gasteiger partial charge in [-0.2, -0.15) is 0 Å². The predicted molar refractivity (Wildman–Crippen MR) is 95.5 cm³/mol. The molecule has 0 aromatic heterocycles. The molecule has 0 bridgehead atoms. The number of amides is 1. The number of nitrogens with one attached hydrogen (secondary N) is 1. The third-order valence-electron chi connectivity index (χ3n) is 3.82. The van der Waals surface area contributed by atoms with Crippen LogP contribution in [-0.2, 0) is 4.79 Å². The van der Waals surface area contributed by atoms with E-state index in [0.29, 0.717) is 16.7 Å². The number of carbonyl (C=O) groups is 1. The summed E-state index contributed by atoms with van der Waals surface area (Å²) in [4.78, 5) is 12.0. The van der Waals surface area contributed by atoms with Gasteiger partial charge in [0.25, 0.3) is 5.91 Å². The Hall–Kier alpha value is -2.00. The summed E-state index contributed by atoms with van der Waals surface area (Å²) < 4.78 is 5.49. The molecule has 23 heavy (non-hydrogen) atoms. The summed E-state index contributed by atoms with van der Waals surface area (Å²) in [6.07, 6.45) is 1.09. The molecule has 3 nitrogen and oxygen atoms in total. The Morgan fingerprint density at radius 3 is 2.57 bits per heavy atom. The maximum atomic E-state index is 12.0. The molecule has 0 saturated heterocycles. The Bertz CT molecular complexity index is 668. The molecule has 0 aliphatic carbocycles. The van der Waals surface area contributed by atoms with Crippen LogP contribution in [0.1, 0.15) is 37.3 Å². The molecule has 0 saturated carbocycles. The second-order valence-electron chi connectivity index (χ2n) is 5.70. The van der Waals surface area contributed by atoms with Crippen molar-refractivity contribution >= 4 is 23.2 Å². The van der Waals surface area contributed by atoms with Crippen molar-refractivity contribution in [2.75, 3.05) is 11.9 Å². The third kappa shape index (κ3) is 5.00. The minimum Gasteiger partial charge on any atom is -0.482 e. The fourth-order valence-electron chi connectivity index (χ4n) is 2.19. The lowest BCUT2D eigenvalue weighted by molar-refractivity contribution is -0.118. The number of benzene rings is 2. The molecule has 0 heterocycles. The highest BCUT2D eigenvalue weighted by molar-refractivity contribution is 6.32. The van der Waals surface area contributed by atoms with Gasteiger partial charge in [0.15, 0.2) is 6.61 Å². The van der Waals surface area contributed by atoms with Crippen LogP contribution in [0.3, 0.4) is 0 Å². The number of hydrogen-bond donors (Lipinski definition) is 1. The predicted octanol–water partition coefficient (Wildman–Crippen LogP) is 5.18. The van der Waals surface area contributed by atoms with Crippen LogP contribution in [-0.4, -0.2) is 12.5 Å². The van der Waals surface area contributed by atoms with E-state index in [0.717, 1.165) is 17.7 Å². The normalized spacial score (nSPS) is 11.8. The van der Waals surface area contributed by atoms with Crippen molar-refractivity contribution in [3.63, 3.8) is 0 Å². The Labute approximate surface area is 142 Å². The monoisotopic (exact) mass is 331 g/mol. The van der Waals surface area contributed by atoms with Crippen molar-refractivity contribution < 1.29 is 9.53 Å². The van der Waals surface area contributed by atoms with Gasteiger partial charge in [-0.05, 0) is 54.7 Å². The zero-order valence-corrected chi connectivity index (χ0v) is 14.5. The molecule has 0 aliphatic rings. The molecule has 1 N–H and O–H groups in total. The Morgan fingerprint density at radius 1 is 1.22 bits per heavy atom. The maximum Gasteiger partial charge on any atom is 0.262 e. The first-order valence-corrected chi connectivity index (χ1v) is 8.16. The van der Waals surface area contributed by atoms with Crippen molar-refractivity contribution in [1.82, 2.24) is 0 Å². The molecule has 0 unspecified atom stereocenters. The average molecular weight is 332 g/mol. The van der Waals surface area contributed by atoms with Crippen LogP contribution in [0, 0.1) is 6.92 Å². The summed E-state index contributed by atoms with van der Waals surface area (Å²) >= 11 is 6.04. The summed E-state index contributed by atoms with van der Waals surface area (Å²) in [5, 5.41) is 3.32. The fraction of sp³-hybridized carbons (Fsp3) is 0.316. The molecule has 0 fully saturated rings. The van der Waals surface area contributed by atoms with Crippen LogP contribution >= 0.6 is 11.6 Å². The summed E-state index contributed by atoms with van der Waals surface area (Å²) in [5.41, 5.74) is 3.07. The van der Waals surface area contributed by atoms with Gasteiger partial charge in [0, 0.05) is 5.69 Å². The van der Waals surface area contributed by atoms with Crippen LogP contribution in [0.15, 0.2) is 42.5 Å². The van der Waals surface area contributed by atoms with E-state index in [1.807, 2.05) is 43.3 Å².